The van der Waals surface area contributed by atoms with Crippen LogP contribution in [0.3, 0.4) is 0 Å². The van der Waals surface area contributed by atoms with Crippen molar-refractivity contribution >= 4 is 27.3 Å². The second-order valence-electron chi connectivity index (χ2n) is 4.57. The number of rotatable bonds is 3. The second kappa shape index (κ2) is 5.74. The third-order valence-electron chi connectivity index (χ3n) is 3.16. The van der Waals surface area contributed by atoms with E-state index in [2.05, 4.69) is 33.9 Å². The van der Waals surface area contributed by atoms with Crippen molar-refractivity contribution in [3.63, 3.8) is 0 Å². The van der Waals surface area contributed by atoms with Crippen molar-refractivity contribution in [3.05, 3.63) is 22.7 Å². The summed E-state index contributed by atoms with van der Waals surface area (Å²) in [4.78, 5) is 2.18. The highest BCUT2D eigenvalue weighted by Crippen LogP contribution is 2.27. The zero-order valence-corrected chi connectivity index (χ0v) is 11.7. The number of benzene rings is 1. The van der Waals surface area contributed by atoms with Crippen LogP contribution in [0.5, 0.6) is 0 Å². The number of halogens is 1. The molecule has 3 nitrogen and oxygen atoms in total. The summed E-state index contributed by atoms with van der Waals surface area (Å²) in [6, 6.07) is 5.94. The van der Waals surface area contributed by atoms with Crippen LogP contribution in [0.25, 0.3) is 0 Å². The van der Waals surface area contributed by atoms with Gasteiger partial charge >= 0.3 is 0 Å². The molecule has 0 aromatic heterocycles. The van der Waals surface area contributed by atoms with E-state index < -0.39 is 0 Å². The minimum absolute atomic E-state index is 0.340. The first-order valence-corrected chi connectivity index (χ1v) is 6.84. The molecule has 1 aliphatic rings. The topological polar surface area (TPSA) is 38.5 Å². The van der Waals surface area contributed by atoms with Crippen molar-refractivity contribution in [2.24, 2.45) is 0 Å². The highest BCUT2D eigenvalue weighted by molar-refractivity contribution is 9.10. The number of nitrogen functional groups attached to an aromatic ring is 1. The molecule has 17 heavy (non-hydrogen) atoms. The predicted molar refractivity (Wildman–Crippen MR) is 75.4 cm³/mol. The first kappa shape index (κ1) is 12.7. The van der Waals surface area contributed by atoms with Gasteiger partial charge in [0.2, 0.25) is 0 Å². The lowest BCUT2D eigenvalue weighted by molar-refractivity contribution is 0.0216. The molecule has 0 bridgehead atoms. The van der Waals surface area contributed by atoms with Gasteiger partial charge in [0.25, 0.3) is 0 Å². The van der Waals surface area contributed by atoms with Gasteiger partial charge in [0.15, 0.2) is 0 Å². The van der Waals surface area contributed by atoms with E-state index >= 15 is 0 Å². The van der Waals surface area contributed by atoms with Crippen LogP contribution in [0.15, 0.2) is 22.7 Å². The SMILES string of the molecule is CN(CC1CCCCO1)c1cc(Br)ccc1N. The van der Waals surface area contributed by atoms with Gasteiger partial charge in [0.1, 0.15) is 0 Å². The molecule has 2 N–H and O–H groups in total. The molecule has 0 aliphatic carbocycles. The van der Waals surface area contributed by atoms with Crippen molar-refractivity contribution in [2.45, 2.75) is 25.4 Å². The van der Waals surface area contributed by atoms with E-state index in [1.165, 1.54) is 12.8 Å². The minimum Gasteiger partial charge on any atom is -0.397 e. The largest absolute Gasteiger partial charge is 0.397 e. The molecular weight excluding hydrogens is 280 g/mol. The summed E-state index contributed by atoms with van der Waals surface area (Å²) in [5.41, 5.74) is 7.87. The Kier molecular flexibility index (Phi) is 4.29. The summed E-state index contributed by atoms with van der Waals surface area (Å²) in [7, 11) is 2.07. The molecule has 2 rings (SSSR count). The summed E-state index contributed by atoms with van der Waals surface area (Å²) in [5.74, 6) is 0. The number of likely N-dealkylation sites (N-methyl/N-ethyl adjacent to an activating group) is 1. The normalized spacial score (nSPS) is 20.2. The van der Waals surface area contributed by atoms with Crippen molar-refractivity contribution in [3.8, 4) is 0 Å². The maximum absolute atomic E-state index is 5.99. The maximum Gasteiger partial charge on any atom is 0.0749 e. The van der Waals surface area contributed by atoms with Crippen LogP contribution in [0.1, 0.15) is 19.3 Å². The Morgan fingerprint density at radius 2 is 2.29 bits per heavy atom. The predicted octanol–water partition coefficient (Wildman–Crippen LogP) is 3.04. The summed E-state index contributed by atoms with van der Waals surface area (Å²) < 4.78 is 6.80. The van der Waals surface area contributed by atoms with Crippen LogP contribution in [-0.4, -0.2) is 26.3 Å². The fourth-order valence-corrected chi connectivity index (χ4v) is 2.55. The van der Waals surface area contributed by atoms with Crippen LogP contribution >= 0.6 is 15.9 Å². The molecular formula is C13H19BrN2O. The third-order valence-corrected chi connectivity index (χ3v) is 3.65. The first-order valence-electron chi connectivity index (χ1n) is 6.04. The van der Waals surface area contributed by atoms with Crippen LogP contribution < -0.4 is 10.6 Å². The van der Waals surface area contributed by atoms with Crippen molar-refractivity contribution in [1.29, 1.82) is 0 Å². The van der Waals surface area contributed by atoms with Crippen molar-refractivity contribution in [2.75, 3.05) is 30.8 Å². The molecule has 1 saturated heterocycles. The van der Waals surface area contributed by atoms with Gasteiger partial charge in [-0.1, -0.05) is 15.9 Å². The van der Waals surface area contributed by atoms with Crippen LogP contribution in [-0.2, 0) is 4.74 Å². The summed E-state index contributed by atoms with van der Waals surface area (Å²) in [5, 5.41) is 0. The molecule has 0 amide bonds. The zero-order chi connectivity index (χ0) is 12.3. The number of anilines is 2. The van der Waals surface area contributed by atoms with E-state index in [0.29, 0.717) is 6.10 Å². The lowest BCUT2D eigenvalue weighted by Crippen LogP contribution is -2.33. The number of hydrogen-bond acceptors (Lipinski definition) is 3. The fraction of sp³-hybridized carbons (Fsp3) is 0.538. The summed E-state index contributed by atoms with van der Waals surface area (Å²) >= 11 is 3.48. The van der Waals surface area contributed by atoms with E-state index in [4.69, 9.17) is 10.5 Å². The minimum atomic E-state index is 0.340. The molecule has 0 spiro atoms. The van der Waals surface area contributed by atoms with Crippen LogP contribution in [0.4, 0.5) is 11.4 Å². The number of nitrogens with two attached hydrogens (primary N) is 1. The van der Waals surface area contributed by atoms with Gasteiger partial charge in [0, 0.05) is 24.7 Å². The van der Waals surface area contributed by atoms with E-state index in [1.807, 2.05) is 12.1 Å². The van der Waals surface area contributed by atoms with Gasteiger partial charge in [-0.15, -0.1) is 0 Å². The molecule has 1 atom stereocenters. The first-order chi connectivity index (χ1) is 8.16. The van der Waals surface area contributed by atoms with Crippen molar-refractivity contribution in [1.82, 2.24) is 0 Å². The van der Waals surface area contributed by atoms with Gasteiger partial charge in [-0.05, 0) is 37.5 Å². The van der Waals surface area contributed by atoms with Gasteiger partial charge in [-0.25, -0.2) is 0 Å². The number of ether oxygens (including phenoxy) is 1. The molecule has 1 fully saturated rings. The quantitative estimate of drug-likeness (QED) is 0.872. The molecule has 1 heterocycles. The van der Waals surface area contributed by atoms with E-state index in [1.54, 1.807) is 0 Å². The standard InChI is InChI=1S/C13H19BrN2O/c1-16(9-11-4-2-3-7-17-11)13-8-10(14)5-6-12(13)15/h5-6,8,11H,2-4,7,9,15H2,1H3. The smallest absolute Gasteiger partial charge is 0.0749 e. The summed E-state index contributed by atoms with van der Waals surface area (Å²) in [6.07, 6.45) is 3.95. The van der Waals surface area contributed by atoms with Gasteiger partial charge in [0.05, 0.1) is 17.5 Å². The molecule has 0 saturated carbocycles. The van der Waals surface area contributed by atoms with Gasteiger partial charge in [-0.2, -0.15) is 0 Å². The highest BCUT2D eigenvalue weighted by Gasteiger charge is 2.17. The van der Waals surface area contributed by atoms with Crippen LogP contribution in [0, 0.1) is 0 Å². The lowest BCUT2D eigenvalue weighted by atomic mass is 10.1. The molecule has 94 valence electrons. The van der Waals surface area contributed by atoms with Crippen LogP contribution in [0.2, 0.25) is 0 Å². The Balaban J connectivity index is 2.02. The van der Waals surface area contributed by atoms with Gasteiger partial charge in [-0.3, -0.25) is 0 Å². The molecule has 4 heteroatoms. The average molecular weight is 299 g/mol. The highest BCUT2D eigenvalue weighted by atomic mass is 79.9. The molecule has 1 aromatic rings. The van der Waals surface area contributed by atoms with E-state index in [-0.39, 0.29) is 0 Å². The average Bonchev–Trinajstić information content (AvgIpc) is 2.33. The molecule has 0 radical (unpaired) electrons. The maximum atomic E-state index is 5.99. The molecule has 1 unspecified atom stereocenters. The third kappa shape index (κ3) is 3.36. The number of nitrogens with zero attached hydrogens (tertiary/aromatic N) is 1. The molecule has 1 aromatic carbocycles. The number of hydrogen-bond donors (Lipinski definition) is 1. The Morgan fingerprint density at radius 1 is 1.47 bits per heavy atom. The Bertz CT molecular complexity index is 378. The monoisotopic (exact) mass is 298 g/mol. The second-order valence-corrected chi connectivity index (χ2v) is 5.49. The summed E-state index contributed by atoms with van der Waals surface area (Å²) in [6.45, 7) is 1.80. The van der Waals surface area contributed by atoms with E-state index in [0.717, 1.165) is 35.4 Å². The lowest BCUT2D eigenvalue weighted by Gasteiger charge is -2.29. The van der Waals surface area contributed by atoms with Gasteiger partial charge < -0.3 is 15.4 Å². The fourth-order valence-electron chi connectivity index (χ4n) is 2.20. The Morgan fingerprint density at radius 3 is 3.00 bits per heavy atom. The molecule has 1 aliphatic heterocycles. The Labute approximate surface area is 111 Å². The van der Waals surface area contributed by atoms with E-state index in [9.17, 15) is 0 Å². The zero-order valence-electron chi connectivity index (χ0n) is 10.2. The van der Waals surface area contributed by atoms with Crippen molar-refractivity contribution < 1.29 is 4.74 Å². The Hall–Kier alpha value is -0.740.